The van der Waals surface area contributed by atoms with Gasteiger partial charge in [0.15, 0.2) is 6.10 Å². The largest absolute Gasteiger partial charge is 1.00 e. The first-order valence-electron chi connectivity index (χ1n) is 9.88. The smallest absolute Gasteiger partial charge is 0.339 e. The summed E-state index contributed by atoms with van der Waals surface area (Å²) in [4.78, 5) is 12.4. The molecule has 2 saturated heterocycles. The molecule has 0 spiro atoms. The Morgan fingerprint density at radius 3 is 2.14 bits per heavy atom. The molecule has 3 atom stereocenters. The molecule has 1 N–H and O–H groups in total. The number of hydrogen-bond donors (Lipinski definition) is 1. The van der Waals surface area contributed by atoms with Gasteiger partial charge in [-0.05, 0) is 5.56 Å². The molecule has 4 rings (SSSR count). The summed E-state index contributed by atoms with van der Waals surface area (Å²) in [6.07, 6.45) is 2.85. The van der Waals surface area contributed by atoms with Gasteiger partial charge in [-0.15, -0.1) is 0 Å². The van der Waals surface area contributed by atoms with E-state index in [0.29, 0.717) is 17.6 Å². The summed E-state index contributed by atoms with van der Waals surface area (Å²) in [5.41, 5.74) is 1.96. The van der Waals surface area contributed by atoms with Crippen molar-refractivity contribution in [1.82, 2.24) is 0 Å². The highest BCUT2D eigenvalue weighted by atomic mass is 79.9. The Hall–Kier alpha value is -1.69. The number of hydrogen-bond acceptors (Lipinski definition) is 3. The van der Waals surface area contributed by atoms with Crippen LogP contribution >= 0.6 is 0 Å². The monoisotopic (exact) mass is 445 g/mol. The summed E-state index contributed by atoms with van der Waals surface area (Å²) in [5.74, 6) is -0.523. The average Bonchev–Trinajstić information content (AvgIpc) is 2.86. The average molecular weight is 446 g/mol. The van der Waals surface area contributed by atoms with E-state index in [-0.39, 0.29) is 23.1 Å². The zero-order chi connectivity index (χ0) is 18.9. The summed E-state index contributed by atoms with van der Waals surface area (Å²) >= 11 is 0. The molecule has 150 valence electrons. The van der Waals surface area contributed by atoms with E-state index in [0.717, 1.165) is 23.9 Å². The number of esters is 1. The van der Waals surface area contributed by atoms with Crippen LogP contribution in [0.4, 0.5) is 0 Å². The summed E-state index contributed by atoms with van der Waals surface area (Å²) in [6.45, 7) is 1.03. The predicted molar refractivity (Wildman–Crippen MR) is 104 cm³/mol. The third-order valence-electron chi connectivity index (χ3n) is 6.56. The number of aliphatic hydroxyl groups excluding tert-OH is 1. The topological polar surface area (TPSA) is 46.5 Å². The summed E-state index contributed by atoms with van der Waals surface area (Å²) in [5, 5.41) is 10.3. The minimum absolute atomic E-state index is 0. The van der Waals surface area contributed by atoms with Crippen LogP contribution in [0, 0.1) is 0 Å². The van der Waals surface area contributed by atoms with Gasteiger partial charge in [-0.25, -0.2) is 4.79 Å². The molecule has 2 fully saturated rings. The van der Waals surface area contributed by atoms with Crippen molar-refractivity contribution >= 4 is 5.97 Å². The quantitative estimate of drug-likeness (QED) is 0.541. The van der Waals surface area contributed by atoms with E-state index < -0.39 is 12.1 Å². The number of carbonyl (C=O) groups excluding carboxylic acids is 1. The van der Waals surface area contributed by atoms with Crippen LogP contribution in [0.15, 0.2) is 60.7 Å². The minimum atomic E-state index is -1.20. The summed E-state index contributed by atoms with van der Waals surface area (Å²) in [6, 6.07) is 20.7. The van der Waals surface area contributed by atoms with Crippen molar-refractivity contribution < 1.29 is 36.1 Å². The summed E-state index contributed by atoms with van der Waals surface area (Å²) in [7, 11) is 2.35. The summed E-state index contributed by atoms with van der Waals surface area (Å²) < 4.78 is 6.77. The lowest BCUT2D eigenvalue weighted by Crippen LogP contribution is -3.00. The molecule has 2 heterocycles. The van der Waals surface area contributed by atoms with Crippen molar-refractivity contribution in [2.45, 2.75) is 56.5 Å². The van der Waals surface area contributed by atoms with Gasteiger partial charge in [0, 0.05) is 31.2 Å². The molecule has 0 aliphatic carbocycles. The maximum Gasteiger partial charge on any atom is 0.339 e. The molecule has 4 nitrogen and oxygen atoms in total. The lowest BCUT2D eigenvalue weighted by Gasteiger charge is -2.47. The van der Waals surface area contributed by atoms with Crippen LogP contribution < -0.4 is 17.0 Å². The fourth-order valence-corrected chi connectivity index (χ4v) is 5.02. The normalized spacial score (nSPS) is 29.6. The zero-order valence-electron chi connectivity index (χ0n) is 16.2. The van der Waals surface area contributed by atoms with E-state index >= 15 is 0 Å². The van der Waals surface area contributed by atoms with Crippen LogP contribution in [0.3, 0.4) is 0 Å². The van der Waals surface area contributed by atoms with Crippen LogP contribution in [-0.4, -0.2) is 40.8 Å². The Kier molecular flexibility index (Phi) is 6.58. The van der Waals surface area contributed by atoms with Crippen molar-refractivity contribution in [2.75, 3.05) is 7.05 Å². The molecule has 0 aromatic heterocycles. The molecule has 2 aliphatic heterocycles. The van der Waals surface area contributed by atoms with Gasteiger partial charge >= 0.3 is 5.97 Å². The van der Waals surface area contributed by atoms with Crippen LogP contribution in [0.25, 0.3) is 0 Å². The van der Waals surface area contributed by atoms with E-state index in [1.807, 2.05) is 18.2 Å². The second-order valence-corrected chi connectivity index (χ2v) is 8.22. The predicted octanol–water partition coefficient (Wildman–Crippen LogP) is 0.607. The highest BCUT2D eigenvalue weighted by molar-refractivity contribution is 5.76. The first-order valence-corrected chi connectivity index (χ1v) is 9.88. The van der Waals surface area contributed by atoms with Crippen molar-refractivity contribution in [3.8, 4) is 0 Å². The lowest BCUT2D eigenvalue weighted by molar-refractivity contribution is -0.961. The fraction of sp³-hybridized carbons (Fsp3) is 0.435. The van der Waals surface area contributed by atoms with Crippen molar-refractivity contribution in [3.63, 3.8) is 0 Å². The van der Waals surface area contributed by atoms with Gasteiger partial charge < -0.3 is 31.3 Å². The maximum absolute atomic E-state index is 12.4. The first-order chi connectivity index (χ1) is 13.1. The number of quaternary nitrogens is 1. The van der Waals surface area contributed by atoms with E-state index in [4.69, 9.17) is 4.74 Å². The fourth-order valence-electron chi connectivity index (χ4n) is 5.02. The van der Waals surface area contributed by atoms with Crippen molar-refractivity contribution in [2.24, 2.45) is 0 Å². The van der Waals surface area contributed by atoms with Crippen LogP contribution in [-0.2, 0) is 16.1 Å². The molecular weight excluding hydrogens is 418 g/mol. The Labute approximate surface area is 177 Å². The molecule has 5 heteroatoms. The van der Waals surface area contributed by atoms with Gasteiger partial charge in [0.25, 0.3) is 0 Å². The van der Waals surface area contributed by atoms with Crippen LogP contribution in [0.5, 0.6) is 0 Å². The van der Waals surface area contributed by atoms with E-state index in [2.05, 4.69) is 37.4 Å². The van der Waals surface area contributed by atoms with Crippen molar-refractivity contribution in [3.05, 3.63) is 71.8 Å². The Morgan fingerprint density at radius 2 is 1.57 bits per heavy atom. The number of piperidine rings is 1. The second kappa shape index (κ2) is 8.76. The van der Waals surface area contributed by atoms with Crippen LogP contribution in [0.1, 0.15) is 42.9 Å². The molecule has 0 amide bonds. The highest BCUT2D eigenvalue weighted by Gasteiger charge is 2.52. The standard InChI is InChI=1S/C23H28NO3.BrH/c1-24(16-17-8-4-2-5-9-17)19-12-13-20(24)15-21(14-19)27-23(26)22(25)18-10-6-3-7-11-18;/h2-11,19-22,25H,12-16H2,1H3;1H/q+1;/p-1. The Bertz CT molecular complexity index is 769. The first kappa shape index (κ1) is 21.0. The van der Waals surface area contributed by atoms with Gasteiger partial charge in [0.05, 0.1) is 19.1 Å². The third kappa shape index (κ3) is 4.17. The SMILES string of the molecule is C[N+]1(Cc2ccccc2)C2CCC1CC(OC(=O)C(O)c1ccccc1)C2.[Br-]. The number of ether oxygens (including phenoxy) is 1. The van der Waals surface area contributed by atoms with Gasteiger partial charge in [0.1, 0.15) is 12.6 Å². The number of aliphatic hydroxyl groups is 1. The number of nitrogens with zero attached hydrogens (tertiary/aromatic N) is 1. The van der Waals surface area contributed by atoms with Crippen LogP contribution in [0.2, 0.25) is 0 Å². The molecule has 3 unspecified atom stereocenters. The van der Waals surface area contributed by atoms with Gasteiger partial charge in [-0.1, -0.05) is 60.7 Å². The van der Waals surface area contributed by atoms with E-state index in [1.165, 1.54) is 18.4 Å². The zero-order valence-corrected chi connectivity index (χ0v) is 17.8. The number of fused-ring (bicyclic) bond motifs is 2. The Morgan fingerprint density at radius 1 is 1.04 bits per heavy atom. The van der Waals surface area contributed by atoms with Crippen molar-refractivity contribution in [1.29, 1.82) is 0 Å². The number of carbonyl (C=O) groups is 1. The lowest BCUT2D eigenvalue weighted by atomic mass is 9.95. The molecule has 2 aliphatic rings. The molecule has 0 saturated carbocycles. The molecular formula is C23H28BrNO3. The van der Waals surface area contributed by atoms with E-state index in [9.17, 15) is 9.90 Å². The number of halogens is 1. The highest BCUT2D eigenvalue weighted by Crippen LogP contribution is 2.43. The third-order valence-corrected chi connectivity index (χ3v) is 6.56. The molecule has 2 aromatic carbocycles. The van der Waals surface area contributed by atoms with Gasteiger partial charge in [0.2, 0.25) is 0 Å². The number of benzene rings is 2. The van der Waals surface area contributed by atoms with Gasteiger partial charge in [-0.3, -0.25) is 0 Å². The molecule has 0 radical (unpaired) electrons. The number of rotatable bonds is 5. The van der Waals surface area contributed by atoms with Gasteiger partial charge in [-0.2, -0.15) is 0 Å². The molecule has 2 bridgehead atoms. The molecule has 28 heavy (non-hydrogen) atoms. The maximum atomic E-state index is 12.4. The second-order valence-electron chi connectivity index (χ2n) is 8.22. The molecule has 2 aromatic rings. The minimum Gasteiger partial charge on any atom is -1.00 e. The van der Waals surface area contributed by atoms with E-state index in [1.54, 1.807) is 12.1 Å². The Balaban J connectivity index is 0.00000225.